The fraction of sp³-hybridized carbons (Fsp3) is 0.280. The maximum Gasteiger partial charge on any atom is 0.131 e. The molecule has 7 nitrogen and oxygen atoms in total. The van der Waals surface area contributed by atoms with Crippen molar-refractivity contribution in [2.45, 2.75) is 31.4 Å². The molecule has 1 fully saturated rings. The lowest BCUT2D eigenvalue weighted by Gasteiger charge is -2.34. The van der Waals surface area contributed by atoms with E-state index in [0.717, 1.165) is 24.0 Å². The second-order valence-electron chi connectivity index (χ2n) is 8.40. The van der Waals surface area contributed by atoms with Gasteiger partial charge < -0.3 is 15.2 Å². The van der Waals surface area contributed by atoms with E-state index in [1.54, 1.807) is 18.2 Å². The molecule has 35 heavy (non-hydrogen) atoms. The predicted octanol–water partition coefficient (Wildman–Crippen LogP) is 6.61. The van der Waals surface area contributed by atoms with Crippen LogP contribution in [0.3, 0.4) is 0 Å². The minimum absolute atomic E-state index is 0.180. The molecular formula is C25H25Cl3N2O5. The van der Waals surface area contributed by atoms with Crippen molar-refractivity contribution in [1.29, 1.82) is 0 Å². The Bertz CT molecular complexity index is 1140. The van der Waals surface area contributed by atoms with Crippen LogP contribution in [-0.2, 0) is 22.7 Å². The fourth-order valence-electron chi connectivity index (χ4n) is 3.64. The second-order valence-corrected chi connectivity index (χ2v) is 9.68. The topological polar surface area (TPSA) is 86.4 Å². The van der Waals surface area contributed by atoms with Gasteiger partial charge in [0.2, 0.25) is 0 Å². The zero-order valence-electron chi connectivity index (χ0n) is 18.8. The molecule has 0 amide bonds. The van der Waals surface area contributed by atoms with Crippen molar-refractivity contribution in [1.82, 2.24) is 5.39 Å². The summed E-state index contributed by atoms with van der Waals surface area (Å²) in [6.07, 6.45) is 2.17. The van der Waals surface area contributed by atoms with Crippen LogP contribution in [-0.4, -0.2) is 29.3 Å². The summed E-state index contributed by atoms with van der Waals surface area (Å²) in [5, 5.41) is 11.2. The molecule has 0 aliphatic carbocycles. The van der Waals surface area contributed by atoms with Gasteiger partial charge >= 0.3 is 0 Å². The standard InChI is InChI=1S/C25H25Cl3N2O5/c26-19-9-17(10-20(27)11-19)14-32-21-4-1-5-22(12-21)35-23-7-6-18(24(28)13-23)3-2-8-25(29)15-33-30(31)34-16-25/h1,4-7,9-13,31H,2-3,8,14-16,29H2. The number of hydrogen-bond acceptors (Lipinski definition) is 7. The van der Waals surface area contributed by atoms with E-state index in [1.807, 2.05) is 42.5 Å². The number of ether oxygens (including phenoxy) is 2. The van der Waals surface area contributed by atoms with Crippen molar-refractivity contribution in [3.8, 4) is 17.2 Å². The van der Waals surface area contributed by atoms with Crippen LogP contribution in [0.2, 0.25) is 15.1 Å². The predicted molar refractivity (Wildman–Crippen MR) is 134 cm³/mol. The summed E-state index contributed by atoms with van der Waals surface area (Å²) in [6, 6.07) is 18.2. The molecule has 4 rings (SSSR count). The number of halogens is 3. The fourth-order valence-corrected chi connectivity index (χ4v) is 4.48. The van der Waals surface area contributed by atoms with Crippen molar-refractivity contribution in [2.24, 2.45) is 5.73 Å². The monoisotopic (exact) mass is 538 g/mol. The molecule has 0 spiro atoms. The number of nitrogens with zero attached hydrogens (tertiary/aromatic N) is 1. The van der Waals surface area contributed by atoms with Crippen molar-refractivity contribution in [3.63, 3.8) is 0 Å². The van der Waals surface area contributed by atoms with Gasteiger partial charge in [0.1, 0.15) is 23.9 Å². The van der Waals surface area contributed by atoms with Crippen LogP contribution in [0.1, 0.15) is 24.0 Å². The Morgan fingerprint density at radius 1 is 0.914 bits per heavy atom. The van der Waals surface area contributed by atoms with Gasteiger partial charge in [-0.15, -0.1) is 0 Å². The first kappa shape index (κ1) is 26.0. The van der Waals surface area contributed by atoms with Gasteiger partial charge in [0.15, 0.2) is 0 Å². The maximum atomic E-state index is 9.11. The number of nitrogens with two attached hydrogens (primary N) is 1. The normalized spacial score (nSPS) is 15.7. The summed E-state index contributed by atoms with van der Waals surface area (Å²) >= 11 is 18.6. The summed E-state index contributed by atoms with van der Waals surface area (Å²) in [5.74, 6) is 1.89. The molecule has 0 saturated carbocycles. The lowest BCUT2D eigenvalue weighted by atomic mass is 9.94. The Labute approximate surface area is 218 Å². The van der Waals surface area contributed by atoms with Crippen molar-refractivity contribution >= 4 is 34.8 Å². The van der Waals surface area contributed by atoms with Crippen molar-refractivity contribution in [3.05, 3.63) is 86.9 Å². The Balaban J connectivity index is 1.31. The first-order valence-corrected chi connectivity index (χ1v) is 12.1. The van der Waals surface area contributed by atoms with Crippen LogP contribution in [0.25, 0.3) is 0 Å². The molecule has 1 aliphatic rings. The number of hydrogen-bond donors (Lipinski definition) is 2. The van der Waals surface area contributed by atoms with Crippen LogP contribution in [0.15, 0.2) is 60.7 Å². The first-order chi connectivity index (χ1) is 16.8. The van der Waals surface area contributed by atoms with E-state index in [1.165, 1.54) is 0 Å². The molecule has 0 radical (unpaired) electrons. The quantitative estimate of drug-likeness (QED) is 0.316. The molecule has 1 saturated heterocycles. The van der Waals surface area contributed by atoms with E-state index in [2.05, 4.69) is 0 Å². The molecule has 3 aromatic rings. The third kappa shape index (κ3) is 7.70. The van der Waals surface area contributed by atoms with Crippen molar-refractivity contribution < 1.29 is 24.4 Å². The van der Waals surface area contributed by atoms with Crippen LogP contribution in [0.5, 0.6) is 17.2 Å². The largest absolute Gasteiger partial charge is 0.489 e. The molecular weight excluding hydrogens is 515 g/mol. The average Bonchev–Trinajstić information content (AvgIpc) is 2.81. The molecule has 0 aromatic heterocycles. The van der Waals surface area contributed by atoms with E-state index in [9.17, 15) is 0 Å². The van der Waals surface area contributed by atoms with E-state index in [0.29, 0.717) is 50.7 Å². The molecule has 3 aromatic carbocycles. The third-order valence-corrected chi connectivity index (χ3v) is 6.23. The number of rotatable bonds is 9. The number of benzene rings is 3. The molecule has 10 heteroatoms. The summed E-state index contributed by atoms with van der Waals surface area (Å²) in [6.45, 7) is 0.685. The highest BCUT2D eigenvalue weighted by atomic mass is 35.5. The minimum Gasteiger partial charge on any atom is -0.489 e. The first-order valence-electron chi connectivity index (χ1n) is 11.0. The van der Waals surface area contributed by atoms with E-state index in [-0.39, 0.29) is 13.2 Å². The molecule has 0 unspecified atom stereocenters. The molecule has 1 heterocycles. The van der Waals surface area contributed by atoms with Gasteiger partial charge in [0.25, 0.3) is 0 Å². The van der Waals surface area contributed by atoms with E-state index < -0.39 is 5.54 Å². The maximum absolute atomic E-state index is 9.11. The van der Waals surface area contributed by atoms with E-state index >= 15 is 0 Å². The Hall–Kier alpha value is -2.07. The highest BCUT2D eigenvalue weighted by molar-refractivity contribution is 6.34. The summed E-state index contributed by atoms with van der Waals surface area (Å²) in [4.78, 5) is 9.85. The smallest absolute Gasteiger partial charge is 0.131 e. The Morgan fingerprint density at radius 3 is 2.31 bits per heavy atom. The third-order valence-electron chi connectivity index (χ3n) is 5.44. The molecule has 3 N–H and O–H groups in total. The van der Waals surface area contributed by atoms with Gasteiger partial charge in [0, 0.05) is 21.1 Å². The van der Waals surface area contributed by atoms with Crippen LogP contribution < -0.4 is 15.2 Å². The van der Waals surface area contributed by atoms with Gasteiger partial charge in [-0.05, 0) is 72.9 Å². The Kier molecular flexibility index (Phi) is 8.75. The van der Waals surface area contributed by atoms with E-state index in [4.69, 9.17) is 64.9 Å². The highest BCUT2D eigenvalue weighted by Crippen LogP contribution is 2.30. The molecule has 0 atom stereocenters. The van der Waals surface area contributed by atoms with Gasteiger partial charge in [0.05, 0.1) is 24.1 Å². The van der Waals surface area contributed by atoms with Gasteiger partial charge in [-0.3, -0.25) is 5.21 Å². The summed E-state index contributed by atoms with van der Waals surface area (Å²) in [7, 11) is 0. The zero-order valence-corrected chi connectivity index (χ0v) is 21.0. The number of aryl methyl sites for hydroxylation is 1. The van der Waals surface area contributed by atoms with Crippen molar-refractivity contribution in [2.75, 3.05) is 13.2 Å². The van der Waals surface area contributed by atoms with Gasteiger partial charge in [-0.25, -0.2) is 9.68 Å². The van der Waals surface area contributed by atoms with Crippen LogP contribution in [0, 0.1) is 0 Å². The lowest BCUT2D eigenvalue weighted by Crippen LogP contribution is -2.55. The molecule has 186 valence electrons. The second kappa shape index (κ2) is 11.8. The lowest BCUT2D eigenvalue weighted by molar-refractivity contribution is -0.534. The van der Waals surface area contributed by atoms with Crippen LogP contribution >= 0.6 is 34.8 Å². The minimum atomic E-state index is -0.652. The van der Waals surface area contributed by atoms with Crippen LogP contribution in [0.4, 0.5) is 0 Å². The van der Waals surface area contributed by atoms with Gasteiger partial charge in [-0.1, -0.05) is 46.9 Å². The average molecular weight is 540 g/mol. The molecule has 0 bridgehead atoms. The summed E-state index contributed by atoms with van der Waals surface area (Å²) in [5.41, 5.74) is 7.46. The Morgan fingerprint density at radius 2 is 1.60 bits per heavy atom. The SMILES string of the molecule is NC1(CCCc2ccc(Oc3cccc(OCc4cc(Cl)cc(Cl)c4)c3)cc2Cl)CON(O)OC1. The zero-order chi connectivity index (χ0) is 24.8. The molecule has 1 aliphatic heterocycles. The summed E-state index contributed by atoms with van der Waals surface area (Å²) < 4.78 is 11.8. The highest BCUT2D eigenvalue weighted by Gasteiger charge is 2.32. The van der Waals surface area contributed by atoms with Gasteiger partial charge in [-0.2, -0.15) is 0 Å².